The van der Waals surface area contributed by atoms with E-state index >= 15 is 0 Å². The Morgan fingerprint density at radius 1 is 1.23 bits per heavy atom. The van der Waals surface area contributed by atoms with Crippen molar-refractivity contribution in [3.8, 4) is 0 Å². The summed E-state index contributed by atoms with van der Waals surface area (Å²) in [5, 5.41) is 5.73. The van der Waals surface area contributed by atoms with Crippen LogP contribution in [0.3, 0.4) is 0 Å². The molecule has 0 spiro atoms. The second kappa shape index (κ2) is 7.53. The quantitative estimate of drug-likeness (QED) is 0.861. The van der Waals surface area contributed by atoms with E-state index in [-0.39, 0.29) is 17.4 Å². The molecule has 138 valence electrons. The van der Waals surface area contributed by atoms with Crippen LogP contribution >= 0.6 is 11.3 Å². The number of hydrogen-bond acceptors (Lipinski definition) is 3. The van der Waals surface area contributed by atoms with Crippen LogP contribution in [-0.2, 0) is 23.2 Å². The topological polar surface area (TPSA) is 32.3 Å². The molecule has 1 amide bonds. The van der Waals surface area contributed by atoms with Crippen molar-refractivity contribution in [3.05, 3.63) is 57.8 Å². The van der Waals surface area contributed by atoms with Gasteiger partial charge in [-0.25, -0.2) is 0 Å². The molecule has 4 rings (SSSR count). The van der Waals surface area contributed by atoms with E-state index in [2.05, 4.69) is 47.1 Å². The first-order valence-electron chi connectivity index (χ1n) is 9.81. The van der Waals surface area contributed by atoms with Gasteiger partial charge in [0.25, 0.3) is 0 Å². The minimum absolute atomic E-state index is 0.128. The zero-order chi connectivity index (χ0) is 18.0. The number of hydrogen-bond donors (Lipinski definition) is 1. The average Bonchev–Trinajstić information content (AvgIpc) is 3.35. The molecule has 0 saturated heterocycles. The highest BCUT2D eigenvalue weighted by Gasteiger charge is 2.36. The number of rotatable bonds is 5. The third kappa shape index (κ3) is 3.45. The lowest BCUT2D eigenvalue weighted by molar-refractivity contribution is -0.134. The van der Waals surface area contributed by atoms with Gasteiger partial charge >= 0.3 is 0 Å². The van der Waals surface area contributed by atoms with Gasteiger partial charge in [-0.3, -0.25) is 4.79 Å². The summed E-state index contributed by atoms with van der Waals surface area (Å²) >= 11 is 1.82. The van der Waals surface area contributed by atoms with Gasteiger partial charge in [-0.1, -0.05) is 43.2 Å². The minimum atomic E-state index is -0.128. The van der Waals surface area contributed by atoms with Gasteiger partial charge in [-0.05, 0) is 48.8 Å². The van der Waals surface area contributed by atoms with Gasteiger partial charge in [-0.2, -0.15) is 0 Å². The fourth-order valence-electron chi connectivity index (χ4n) is 4.56. The summed E-state index contributed by atoms with van der Waals surface area (Å²) in [7, 11) is 0. The molecular formula is C22H28N2OS. The van der Waals surface area contributed by atoms with Gasteiger partial charge < -0.3 is 10.2 Å². The average molecular weight is 369 g/mol. The van der Waals surface area contributed by atoms with Gasteiger partial charge in [0, 0.05) is 29.9 Å². The van der Waals surface area contributed by atoms with Gasteiger partial charge in [0.15, 0.2) is 0 Å². The Balaban J connectivity index is 1.40. The van der Waals surface area contributed by atoms with E-state index in [1.165, 1.54) is 41.7 Å². The lowest BCUT2D eigenvalue weighted by Crippen LogP contribution is -2.49. The number of amides is 1. The SMILES string of the molecule is CC(NCC1(c2ccccc2)CCCC1)C(=O)N1CCc2sccc2C1. The molecule has 4 heteroatoms. The van der Waals surface area contributed by atoms with Crippen molar-refractivity contribution in [2.45, 2.75) is 57.0 Å². The number of thiophene rings is 1. The monoisotopic (exact) mass is 368 g/mol. The standard InChI is InChI=1S/C22H28N2OS/c1-17(21(25)24-13-9-20-18(15-24)10-14-26-20)23-16-22(11-5-6-12-22)19-7-3-2-4-8-19/h2-4,7-8,10,14,17,23H,5-6,9,11-13,15-16H2,1H3. The molecule has 26 heavy (non-hydrogen) atoms. The third-order valence-electron chi connectivity index (χ3n) is 6.18. The van der Waals surface area contributed by atoms with Crippen LogP contribution in [-0.4, -0.2) is 29.9 Å². The molecule has 2 heterocycles. The van der Waals surface area contributed by atoms with Crippen molar-refractivity contribution in [1.29, 1.82) is 0 Å². The number of benzene rings is 1. The summed E-state index contributed by atoms with van der Waals surface area (Å²) in [6, 6.07) is 12.9. The molecule has 1 aliphatic heterocycles. The molecule has 1 saturated carbocycles. The second-order valence-corrected chi connectivity index (χ2v) is 8.84. The molecule has 0 radical (unpaired) electrons. The van der Waals surface area contributed by atoms with Gasteiger partial charge in [0.2, 0.25) is 5.91 Å². The fourth-order valence-corrected chi connectivity index (χ4v) is 5.45. The van der Waals surface area contributed by atoms with E-state index in [1.807, 2.05) is 23.2 Å². The van der Waals surface area contributed by atoms with Crippen LogP contribution in [0.4, 0.5) is 0 Å². The van der Waals surface area contributed by atoms with E-state index in [1.54, 1.807) is 0 Å². The zero-order valence-electron chi connectivity index (χ0n) is 15.5. The number of fused-ring (bicyclic) bond motifs is 1. The van der Waals surface area contributed by atoms with E-state index in [4.69, 9.17) is 0 Å². The minimum Gasteiger partial charge on any atom is -0.337 e. The third-order valence-corrected chi connectivity index (χ3v) is 7.21. The summed E-state index contributed by atoms with van der Waals surface area (Å²) in [6.45, 7) is 4.54. The molecule has 1 unspecified atom stereocenters. The highest BCUT2D eigenvalue weighted by Crippen LogP contribution is 2.40. The van der Waals surface area contributed by atoms with Crippen LogP contribution < -0.4 is 5.32 Å². The fraction of sp³-hybridized carbons (Fsp3) is 0.500. The maximum Gasteiger partial charge on any atom is 0.239 e. The number of nitrogens with zero attached hydrogens (tertiary/aromatic N) is 1. The summed E-state index contributed by atoms with van der Waals surface area (Å²) in [5.41, 5.74) is 2.95. The molecule has 1 aliphatic carbocycles. The molecule has 2 aromatic rings. The highest BCUT2D eigenvalue weighted by molar-refractivity contribution is 7.10. The predicted octanol–water partition coefficient (Wildman–Crippen LogP) is 4.12. The molecule has 3 nitrogen and oxygen atoms in total. The van der Waals surface area contributed by atoms with Crippen LogP contribution in [0.5, 0.6) is 0 Å². The van der Waals surface area contributed by atoms with E-state index < -0.39 is 0 Å². The Labute approximate surface area is 160 Å². The van der Waals surface area contributed by atoms with Gasteiger partial charge in [0.05, 0.1) is 6.04 Å². The molecule has 1 N–H and O–H groups in total. The predicted molar refractivity (Wildman–Crippen MR) is 107 cm³/mol. The molecule has 1 aromatic heterocycles. The molecule has 2 aliphatic rings. The number of carbonyl (C=O) groups excluding carboxylic acids is 1. The molecule has 1 aromatic carbocycles. The van der Waals surface area contributed by atoms with Crippen molar-refractivity contribution in [3.63, 3.8) is 0 Å². The Morgan fingerprint density at radius 3 is 2.77 bits per heavy atom. The Kier molecular flexibility index (Phi) is 5.14. The van der Waals surface area contributed by atoms with Crippen molar-refractivity contribution in [1.82, 2.24) is 10.2 Å². The maximum absolute atomic E-state index is 12.9. The summed E-state index contributed by atoms with van der Waals surface area (Å²) in [5.74, 6) is 0.239. The molecule has 1 atom stereocenters. The van der Waals surface area contributed by atoms with Crippen molar-refractivity contribution < 1.29 is 4.79 Å². The first kappa shape index (κ1) is 17.7. The van der Waals surface area contributed by atoms with E-state index in [9.17, 15) is 4.79 Å². The summed E-state index contributed by atoms with van der Waals surface area (Å²) < 4.78 is 0. The summed E-state index contributed by atoms with van der Waals surface area (Å²) in [4.78, 5) is 16.4. The lowest BCUT2D eigenvalue weighted by atomic mass is 9.78. The van der Waals surface area contributed by atoms with E-state index in [0.717, 1.165) is 26.1 Å². The number of carbonyl (C=O) groups is 1. The second-order valence-electron chi connectivity index (χ2n) is 7.83. The normalized spacial score (nSPS) is 20.0. The van der Waals surface area contributed by atoms with Crippen LogP contribution in [0.2, 0.25) is 0 Å². The molecule has 1 fully saturated rings. The van der Waals surface area contributed by atoms with Crippen LogP contribution in [0.25, 0.3) is 0 Å². The van der Waals surface area contributed by atoms with Crippen LogP contribution in [0.15, 0.2) is 41.8 Å². The Bertz CT molecular complexity index is 749. The molecular weight excluding hydrogens is 340 g/mol. The Hall–Kier alpha value is -1.65. The zero-order valence-corrected chi connectivity index (χ0v) is 16.4. The lowest BCUT2D eigenvalue weighted by Gasteiger charge is -2.34. The first-order valence-corrected chi connectivity index (χ1v) is 10.7. The van der Waals surface area contributed by atoms with Crippen LogP contribution in [0.1, 0.15) is 48.6 Å². The first-order chi connectivity index (χ1) is 12.7. The van der Waals surface area contributed by atoms with E-state index in [0.29, 0.717) is 0 Å². The van der Waals surface area contributed by atoms with Crippen LogP contribution in [0, 0.1) is 0 Å². The highest BCUT2D eigenvalue weighted by atomic mass is 32.1. The van der Waals surface area contributed by atoms with Gasteiger partial charge in [-0.15, -0.1) is 11.3 Å². The Morgan fingerprint density at radius 2 is 2.00 bits per heavy atom. The van der Waals surface area contributed by atoms with Crippen molar-refractivity contribution >= 4 is 17.2 Å². The molecule has 0 bridgehead atoms. The smallest absolute Gasteiger partial charge is 0.239 e. The van der Waals surface area contributed by atoms with Crippen molar-refractivity contribution in [2.75, 3.05) is 13.1 Å². The maximum atomic E-state index is 12.9. The van der Waals surface area contributed by atoms with Crippen molar-refractivity contribution in [2.24, 2.45) is 0 Å². The largest absolute Gasteiger partial charge is 0.337 e. The number of nitrogens with one attached hydrogen (secondary N) is 1. The summed E-state index contributed by atoms with van der Waals surface area (Å²) in [6.07, 6.45) is 6.00. The van der Waals surface area contributed by atoms with Gasteiger partial charge in [0.1, 0.15) is 0 Å².